The summed E-state index contributed by atoms with van der Waals surface area (Å²) in [6.45, 7) is 0. The van der Waals surface area contributed by atoms with Gasteiger partial charge in [-0.05, 0) is 12.1 Å². The van der Waals surface area contributed by atoms with E-state index in [0.29, 0.717) is 22.5 Å². The third-order valence-corrected chi connectivity index (χ3v) is 7.04. The van der Waals surface area contributed by atoms with Gasteiger partial charge in [-0.2, -0.15) is 0 Å². The minimum Gasteiger partial charge on any atom is -0.497 e. The topological polar surface area (TPSA) is 89.9 Å². The number of thioether (sulfide) groups is 1. The van der Waals surface area contributed by atoms with Gasteiger partial charge < -0.3 is 10.1 Å². The van der Waals surface area contributed by atoms with Crippen LogP contribution in [0.1, 0.15) is 6.42 Å². The third kappa shape index (κ3) is 6.19. The number of hydrogen-bond acceptors (Lipinski definition) is 8. The lowest BCUT2D eigenvalue weighted by molar-refractivity contribution is -0.115. The number of aromatic nitrogens is 4. The van der Waals surface area contributed by atoms with E-state index in [2.05, 4.69) is 20.5 Å². The molecule has 0 saturated carbocycles. The summed E-state index contributed by atoms with van der Waals surface area (Å²) in [6.07, 6.45) is 0.295. The smallest absolute Gasteiger partial charge is 0.226 e. The van der Waals surface area contributed by atoms with Crippen molar-refractivity contribution < 1.29 is 9.53 Å². The second kappa shape index (κ2) is 11.8. The number of benzene rings is 3. The summed E-state index contributed by atoms with van der Waals surface area (Å²) < 4.78 is 5.28. The maximum Gasteiger partial charge on any atom is 0.226 e. The molecule has 0 fully saturated rings. The molecule has 3 aromatic carbocycles. The second-order valence-electron chi connectivity index (χ2n) is 7.94. The molecule has 0 bridgehead atoms. The van der Waals surface area contributed by atoms with Crippen LogP contribution in [0.4, 0.5) is 5.13 Å². The van der Waals surface area contributed by atoms with E-state index in [0.717, 1.165) is 39.5 Å². The number of carbonyl (C=O) groups excluding carboxylic acids is 1. The van der Waals surface area contributed by atoms with Crippen molar-refractivity contribution >= 4 is 34.1 Å². The molecule has 1 N–H and O–H groups in total. The molecule has 2 aromatic heterocycles. The van der Waals surface area contributed by atoms with Crippen molar-refractivity contribution in [2.75, 3.05) is 18.2 Å². The predicted octanol–water partition coefficient (Wildman–Crippen LogP) is 6.46. The Hall–Kier alpha value is -4.08. The number of rotatable bonds is 9. The maximum atomic E-state index is 12.5. The third-order valence-electron chi connectivity index (χ3n) is 5.44. The SMILES string of the molecule is COc1cccc(-c2csc(NC(=O)CCSc3nnc(-c4ccccc4)c(-c4ccccc4)n3)n2)c1. The number of thiazole rings is 1. The Morgan fingerprint density at radius 3 is 2.30 bits per heavy atom. The molecule has 1 amide bonds. The Morgan fingerprint density at radius 2 is 1.57 bits per heavy atom. The molecule has 184 valence electrons. The van der Waals surface area contributed by atoms with Crippen LogP contribution in [0, 0.1) is 0 Å². The van der Waals surface area contributed by atoms with Crippen LogP contribution in [0.25, 0.3) is 33.8 Å². The predicted molar refractivity (Wildman–Crippen MR) is 149 cm³/mol. The van der Waals surface area contributed by atoms with Gasteiger partial charge in [0.05, 0.1) is 12.8 Å². The van der Waals surface area contributed by atoms with Gasteiger partial charge in [-0.3, -0.25) is 4.79 Å². The monoisotopic (exact) mass is 525 g/mol. The second-order valence-corrected chi connectivity index (χ2v) is 9.86. The highest BCUT2D eigenvalue weighted by Gasteiger charge is 2.14. The van der Waals surface area contributed by atoms with E-state index in [1.807, 2.05) is 90.3 Å². The molecule has 9 heteroatoms. The van der Waals surface area contributed by atoms with Gasteiger partial charge in [-0.1, -0.05) is 84.6 Å². The maximum absolute atomic E-state index is 12.5. The van der Waals surface area contributed by atoms with Gasteiger partial charge in [0, 0.05) is 34.2 Å². The summed E-state index contributed by atoms with van der Waals surface area (Å²) in [5, 5.41) is 14.7. The van der Waals surface area contributed by atoms with Crippen LogP contribution in [-0.2, 0) is 4.79 Å². The van der Waals surface area contributed by atoms with E-state index in [1.54, 1.807) is 7.11 Å². The number of nitrogens with zero attached hydrogens (tertiary/aromatic N) is 4. The van der Waals surface area contributed by atoms with Gasteiger partial charge in [-0.15, -0.1) is 21.5 Å². The molecule has 5 aromatic rings. The summed E-state index contributed by atoms with van der Waals surface area (Å²) in [6, 6.07) is 27.5. The molecule has 0 unspecified atom stereocenters. The Kier molecular flexibility index (Phi) is 7.83. The van der Waals surface area contributed by atoms with Gasteiger partial charge >= 0.3 is 0 Å². The molecule has 0 aliphatic heterocycles. The van der Waals surface area contributed by atoms with E-state index in [-0.39, 0.29) is 5.91 Å². The van der Waals surface area contributed by atoms with Crippen LogP contribution in [0.15, 0.2) is 95.5 Å². The van der Waals surface area contributed by atoms with Gasteiger partial charge in [0.1, 0.15) is 17.1 Å². The van der Waals surface area contributed by atoms with Crippen molar-refractivity contribution in [1.29, 1.82) is 0 Å². The fourth-order valence-electron chi connectivity index (χ4n) is 3.62. The molecule has 0 radical (unpaired) electrons. The molecule has 7 nitrogen and oxygen atoms in total. The quantitative estimate of drug-likeness (QED) is 0.221. The first-order chi connectivity index (χ1) is 18.2. The largest absolute Gasteiger partial charge is 0.497 e. The minimum atomic E-state index is -0.115. The molecule has 37 heavy (non-hydrogen) atoms. The summed E-state index contributed by atoms with van der Waals surface area (Å²) in [5.74, 6) is 1.16. The Morgan fingerprint density at radius 1 is 0.865 bits per heavy atom. The van der Waals surface area contributed by atoms with E-state index in [1.165, 1.54) is 23.1 Å². The normalized spacial score (nSPS) is 10.7. The first-order valence-electron chi connectivity index (χ1n) is 11.6. The highest BCUT2D eigenvalue weighted by molar-refractivity contribution is 7.99. The minimum absolute atomic E-state index is 0.115. The number of carbonyl (C=O) groups is 1. The molecule has 0 aliphatic carbocycles. The summed E-state index contributed by atoms with van der Waals surface area (Å²) in [7, 11) is 1.63. The van der Waals surface area contributed by atoms with Crippen molar-refractivity contribution in [3.05, 3.63) is 90.3 Å². The van der Waals surface area contributed by atoms with Crippen molar-refractivity contribution in [3.8, 4) is 39.5 Å². The van der Waals surface area contributed by atoms with Gasteiger partial charge in [0.25, 0.3) is 0 Å². The fraction of sp³-hybridized carbons (Fsp3) is 0.107. The van der Waals surface area contributed by atoms with Crippen LogP contribution in [0.2, 0.25) is 0 Å². The van der Waals surface area contributed by atoms with Crippen molar-refractivity contribution in [2.24, 2.45) is 0 Å². The van der Waals surface area contributed by atoms with E-state index in [4.69, 9.17) is 9.72 Å². The Balaban J connectivity index is 1.23. The first kappa shape index (κ1) is 24.6. The molecule has 0 atom stereocenters. The first-order valence-corrected chi connectivity index (χ1v) is 13.4. The highest BCUT2D eigenvalue weighted by Crippen LogP contribution is 2.30. The van der Waals surface area contributed by atoms with Crippen LogP contribution < -0.4 is 10.1 Å². The Labute approximate surface area is 223 Å². The average molecular weight is 526 g/mol. The highest BCUT2D eigenvalue weighted by atomic mass is 32.2. The van der Waals surface area contributed by atoms with Crippen LogP contribution in [0.5, 0.6) is 5.75 Å². The van der Waals surface area contributed by atoms with Gasteiger partial charge in [-0.25, -0.2) is 9.97 Å². The zero-order chi connectivity index (χ0) is 25.5. The summed E-state index contributed by atoms with van der Waals surface area (Å²) in [5.41, 5.74) is 5.14. The van der Waals surface area contributed by atoms with Crippen LogP contribution in [0.3, 0.4) is 0 Å². The molecule has 0 spiro atoms. The van der Waals surface area contributed by atoms with Crippen LogP contribution >= 0.6 is 23.1 Å². The number of anilines is 1. The zero-order valence-electron chi connectivity index (χ0n) is 20.0. The van der Waals surface area contributed by atoms with Crippen LogP contribution in [-0.4, -0.2) is 38.9 Å². The summed E-state index contributed by atoms with van der Waals surface area (Å²) in [4.78, 5) is 21.9. The fourth-order valence-corrected chi connectivity index (χ4v) is 5.08. The molecular formula is C28H23N5O2S2. The summed E-state index contributed by atoms with van der Waals surface area (Å²) >= 11 is 2.79. The van der Waals surface area contributed by atoms with E-state index in [9.17, 15) is 4.79 Å². The van der Waals surface area contributed by atoms with Crippen molar-refractivity contribution in [2.45, 2.75) is 11.6 Å². The number of nitrogens with one attached hydrogen (secondary N) is 1. The van der Waals surface area contributed by atoms with Gasteiger partial charge in [0.2, 0.25) is 11.1 Å². The lowest BCUT2D eigenvalue weighted by Gasteiger charge is -2.09. The lowest BCUT2D eigenvalue weighted by atomic mass is 10.0. The van der Waals surface area contributed by atoms with Crippen molar-refractivity contribution in [3.63, 3.8) is 0 Å². The standard InChI is InChI=1S/C28H23N5O2S2/c1-35-22-14-8-13-21(17-22)23-18-37-27(29-23)30-24(34)15-16-36-28-31-25(19-9-4-2-5-10-19)26(32-33-28)20-11-6-3-7-12-20/h2-14,17-18H,15-16H2,1H3,(H,29,30,34). The molecule has 0 saturated heterocycles. The average Bonchev–Trinajstić information content (AvgIpc) is 3.42. The van der Waals surface area contributed by atoms with E-state index >= 15 is 0 Å². The lowest BCUT2D eigenvalue weighted by Crippen LogP contribution is -2.12. The zero-order valence-corrected chi connectivity index (χ0v) is 21.6. The van der Waals surface area contributed by atoms with Gasteiger partial charge in [0.15, 0.2) is 5.13 Å². The Bertz CT molecular complexity index is 1490. The molecule has 5 rings (SSSR count). The van der Waals surface area contributed by atoms with E-state index < -0.39 is 0 Å². The number of methoxy groups -OCH3 is 1. The molecule has 2 heterocycles. The molecular weight excluding hydrogens is 502 g/mol. The molecule has 0 aliphatic rings. The number of ether oxygens (including phenoxy) is 1. The number of hydrogen-bond donors (Lipinski definition) is 1. The number of amides is 1. The van der Waals surface area contributed by atoms with Crippen molar-refractivity contribution in [1.82, 2.24) is 20.2 Å².